The van der Waals surface area contributed by atoms with Crippen molar-refractivity contribution in [2.75, 3.05) is 31.5 Å². The summed E-state index contributed by atoms with van der Waals surface area (Å²) in [4.78, 5) is 17.7. The smallest absolute Gasteiger partial charge is 0.152 e. The molecule has 0 bridgehead atoms. The highest BCUT2D eigenvalue weighted by Crippen LogP contribution is 2.44. The van der Waals surface area contributed by atoms with E-state index in [-0.39, 0.29) is 5.60 Å². The van der Waals surface area contributed by atoms with Gasteiger partial charge in [0.2, 0.25) is 0 Å². The van der Waals surface area contributed by atoms with E-state index in [1.807, 2.05) is 12.1 Å². The van der Waals surface area contributed by atoms with Crippen LogP contribution in [0.25, 0.3) is 31.9 Å². The second-order valence-electron chi connectivity index (χ2n) is 8.76. The summed E-state index contributed by atoms with van der Waals surface area (Å²) in [5.41, 5.74) is 3.95. The number of pyridine rings is 1. The summed E-state index contributed by atoms with van der Waals surface area (Å²) < 4.78 is 12.9. The topological polar surface area (TPSA) is 76.3 Å². The summed E-state index contributed by atoms with van der Waals surface area (Å²) in [5, 5.41) is 4.66. The summed E-state index contributed by atoms with van der Waals surface area (Å²) in [7, 11) is 0. The minimum atomic E-state index is -0.242. The van der Waals surface area contributed by atoms with Gasteiger partial charge in [-0.2, -0.15) is 0 Å². The molecule has 4 aromatic heterocycles. The Morgan fingerprint density at radius 3 is 2.78 bits per heavy atom. The molecule has 168 valence electrons. The highest BCUT2D eigenvalue weighted by atomic mass is 32.1. The molecule has 1 aliphatic rings. The molecule has 0 fully saturated rings. The van der Waals surface area contributed by atoms with E-state index in [1.165, 1.54) is 5.56 Å². The molecule has 0 saturated heterocycles. The molecule has 4 aromatic rings. The first-order valence-electron chi connectivity index (χ1n) is 11.2. The molecular formula is C24H29N5O2S. The van der Waals surface area contributed by atoms with Crippen LogP contribution in [0.1, 0.15) is 38.8 Å². The van der Waals surface area contributed by atoms with Crippen LogP contribution in [0, 0.1) is 0 Å². The summed E-state index contributed by atoms with van der Waals surface area (Å²) in [5.74, 6) is 1.65. The van der Waals surface area contributed by atoms with Crippen molar-refractivity contribution in [3.63, 3.8) is 0 Å². The maximum absolute atomic E-state index is 6.16. The third kappa shape index (κ3) is 3.76. The number of fused-ring (bicyclic) bond motifs is 5. The Balaban J connectivity index is 1.64. The Morgan fingerprint density at radius 1 is 1.19 bits per heavy atom. The molecule has 32 heavy (non-hydrogen) atoms. The molecule has 1 aliphatic heterocycles. The molecule has 0 spiro atoms. The highest BCUT2D eigenvalue weighted by Gasteiger charge is 2.32. The summed E-state index contributed by atoms with van der Waals surface area (Å²) >= 11 is 1.65. The van der Waals surface area contributed by atoms with Crippen molar-refractivity contribution in [2.45, 2.75) is 46.3 Å². The molecule has 5 heterocycles. The lowest BCUT2D eigenvalue weighted by Gasteiger charge is -2.32. The average Bonchev–Trinajstić information content (AvgIpc) is 3.43. The van der Waals surface area contributed by atoms with E-state index in [1.54, 1.807) is 23.9 Å². The fourth-order valence-corrected chi connectivity index (χ4v) is 5.55. The Hall–Kier alpha value is -2.55. The van der Waals surface area contributed by atoms with Gasteiger partial charge in [0, 0.05) is 30.5 Å². The standard InChI is InChI=1S/C24H29N5O2S/c1-5-29(6-2)10-9-25-22-21-20(26-14-27-22)18-15-12-24(3,4)31-13-16(15)19(28-23(18)32-21)17-8-7-11-30-17/h7-8,11,14H,5-6,9-10,12-13H2,1-4H3,(H,25,26,27). The van der Waals surface area contributed by atoms with Crippen molar-refractivity contribution in [2.24, 2.45) is 0 Å². The predicted octanol–water partition coefficient (Wildman–Crippen LogP) is 5.10. The van der Waals surface area contributed by atoms with E-state index in [0.717, 1.165) is 75.9 Å². The van der Waals surface area contributed by atoms with Crippen molar-refractivity contribution in [1.82, 2.24) is 19.9 Å². The number of nitrogens with one attached hydrogen (secondary N) is 1. The summed E-state index contributed by atoms with van der Waals surface area (Å²) in [6, 6.07) is 3.86. The molecule has 0 atom stereocenters. The largest absolute Gasteiger partial charge is 0.463 e. The third-order valence-electron chi connectivity index (χ3n) is 6.20. The summed E-state index contributed by atoms with van der Waals surface area (Å²) in [6.45, 7) is 13.1. The highest BCUT2D eigenvalue weighted by molar-refractivity contribution is 7.26. The number of thiophene rings is 1. The fraction of sp³-hybridized carbons (Fsp3) is 0.458. The molecule has 0 saturated carbocycles. The van der Waals surface area contributed by atoms with Crippen molar-refractivity contribution in [3.05, 3.63) is 35.9 Å². The lowest BCUT2D eigenvalue weighted by molar-refractivity contribution is -0.0395. The first-order valence-corrected chi connectivity index (χ1v) is 12.1. The van der Waals surface area contributed by atoms with Crippen molar-refractivity contribution < 1.29 is 9.15 Å². The molecule has 0 amide bonds. The van der Waals surface area contributed by atoms with E-state index < -0.39 is 0 Å². The third-order valence-corrected chi connectivity index (χ3v) is 7.28. The SMILES string of the molecule is CCN(CC)CCNc1ncnc2c1sc1nc(-c3ccco3)c3c(c12)CC(C)(C)OC3. The predicted molar refractivity (Wildman–Crippen MR) is 129 cm³/mol. The molecule has 1 N–H and O–H groups in total. The number of likely N-dealkylation sites (N-methyl/N-ethyl adjacent to an activating group) is 1. The van der Waals surface area contributed by atoms with Crippen LogP contribution in [0.15, 0.2) is 29.1 Å². The number of nitrogens with zero attached hydrogens (tertiary/aromatic N) is 4. The first kappa shape index (κ1) is 21.3. The van der Waals surface area contributed by atoms with Crippen LogP contribution < -0.4 is 5.32 Å². The Labute approximate surface area is 191 Å². The number of anilines is 1. The minimum absolute atomic E-state index is 0.242. The van der Waals surface area contributed by atoms with Crippen LogP contribution in [-0.4, -0.2) is 51.6 Å². The van der Waals surface area contributed by atoms with Gasteiger partial charge >= 0.3 is 0 Å². The molecule has 0 aromatic carbocycles. The zero-order valence-corrected chi connectivity index (χ0v) is 19.9. The van der Waals surface area contributed by atoms with Gasteiger partial charge in [-0.3, -0.25) is 0 Å². The zero-order chi connectivity index (χ0) is 22.3. The minimum Gasteiger partial charge on any atom is -0.463 e. The number of hydrogen-bond donors (Lipinski definition) is 1. The van der Waals surface area contributed by atoms with Crippen LogP contribution in [-0.2, 0) is 17.8 Å². The van der Waals surface area contributed by atoms with Gasteiger partial charge in [-0.05, 0) is 44.6 Å². The van der Waals surface area contributed by atoms with Gasteiger partial charge in [-0.15, -0.1) is 11.3 Å². The lowest BCUT2D eigenvalue weighted by Crippen LogP contribution is -2.32. The summed E-state index contributed by atoms with van der Waals surface area (Å²) in [6.07, 6.45) is 4.15. The fourth-order valence-electron chi connectivity index (χ4n) is 4.42. The van der Waals surface area contributed by atoms with Crippen LogP contribution in [0.5, 0.6) is 0 Å². The molecule has 0 radical (unpaired) electrons. The van der Waals surface area contributed by atoms with E-state index in [4.69, 9.17) is 19.1 Å². The lowest BCUT2D eigenvalue weighted by atomic mass is 9.89. The van der Waals surface area contributed by atoms with Gasteiger partial charge < -0.3 is 19.4 Å². The second-order valence-corrected chi connectivity index (χ2v) is 9.75. The number of rotatable bonds is 7. The van der Waals surface area contributed by atoms with Gasteiger partial charge in [-0.1, -0.05) is 13.8 Å². The van der Waals surface area contributed by atoms with Crippen LogP contribution in [0.2, 0.25) is 0 Å². The van der Waals surface area contributed by atoms with Crippen LogP contribution in [0.3, 0.4) is 0 Å². The van der Waals surface area contributed by atoms with Gasteiger partial charge in [-0.25, -0.2) is 15.0 Å². The van der Waals surface area contributed by atoms with Gasteiger partial charge in [0.05, 0.1) is 28.7 Å². The number of hydrogen-bond acceptors (Lipinski definition) is 8. The van der Waals surface area contributed by atoms with Gasteiger partial charge in [0.1, 0.15) is 22.7 Å². The van der Waals surface area contributed by atoms with Crippen molar-refractivity contribution in [3.8, 4) is 11.5 Å². The number of aromatic nitrogens is 3. The Morgan fingerprint density at radius 2 is 2.03 bits per heavy atom. The zero-order valence-electron chi connectivity index (χ0n) is 19.1. The molecule has 0 aliphatic carbocycles. The number of furan rings is 1. The quantitative estimate of drug-likeness (QED) is 0.419. The average molecular weight is 452 g/mol. The second kappa shape index (κ2) is 8.42. The first-order chi connectivity index (χ1) is 15.5. The van der Waals surface area contributed by atoms with E-state index in [0.29, 0.717) is 6.61 Å². The molecule has 0 unspecified atom stereocenters. The number of ether oxygens (including phenoxy) is 1. The van der Waals surface area contributed by atoms with Crippen molar-refractivity contribution in [1.29, 1.82) is 0 Å². The van der Waals surface area contributed by atoms with E-state index >= 15 is 0 Å². The molecular weight excluding hydrogens is 422 g/mol. The molecule has 5 rings (SSSR count). The van der Waals surface area contributed by atoms with Crippen molar-refractivity contribution >= 4 is 37.6 Å². The maximum Gasteiger partial charge on any atom is 0.152 e. The monoisotopic (exact) mass is 451 g/mol. The normalized spacial score (nSPS) is 15.5. The van der Waals surface area contributed by atoms with E-state index in [9.17, 15) is 0 Å². The Bertz CT molecular complexity index is 1240. The van der Waals surface area contributed by atoms with Gasteiger partial charge in [0.25, 0.3) is 0 Å². The molecule has 8 heteroatoms. The van der Waals surface area contributed by atoms with Crippen LogP contribution in [0.4, 0.5) is 5.82 Å². The maximum atomic E-state index is 6.16. The van der Waals surface area contributed by atoms with E-state index in [2.05, 4.69) is 42.9 Å². The van der Waals surface area contributed by atoms with Crippen LogP contribution >= 0.6 is 11.3 Å². The Kier molecular flexibility index (Phi) is 5.61. The molecule has 7 nitrogen and oxygen atoms in total. The van der Waals surface area contributed by atoms with Gasteiger partial charge in [0.15, 0.2) is 5.76 Å².